The van der Waals surface area contributed by atoms with Crippen molar-refractivity contribution in [1.29, 1.82) is 0 Å². The molecular formula is C18H20F3N3O2. The fourth-order valence-electron chi connectivity index (χ4n) is 2.26. The van der Waals surface area contributed by atoms with Gasteiger partial charge in [0, 0.05) is 24.0 Å². The molecule has 2 aromatic rings. The molecule has 2 rings (SSSR count). The molecule has 0 N–H and O–H groups in total. The maximum Gasteiger partial charge on any atom is 0.417 e. The second kappa shape index (κ2) is 8.64. The minimum Gasteiger partial charge on any atom is -0.463 e. The van der Waals surface area contributed by atoms with E-state index < -0.39 is 17.7 Å². The average Bonchev–Trinajstić information content (AvgIpc) is 3.01. The molecule has 0 unspecified atom stereocenters. The summed E-state index contributed by atoms with van der Waals surface area (Å²) >= 11 is 0. The van der Waals surface area contributed by atoms with Crippen LogP contribution in [0, 0.1) is 0 Å². The van der Waals surface area contributed by atoms with Gasteiger partial charge in [-0.05, 0) is 38.0 Å². The molecule has 0 spiro atoms. The summed E-state index contributed by atoms with van der Waals surface area (Å²) in [6.45, 7) is 4.04. The van der Waals surface area contributed by atoms with E-state index in [1.807, 2.05) is 6.92 Å². The first-order valence-electron chi connectivity index (χ1n) is 8.32. The summed E-state index contributed by atoms with van der Waals surface area (Å²) in [5.74, 6) is -0.194. The van der Waals surface area contributed by atoms with Crippen molar-refractivity contribution >= 4 is 12.0 Å². The van der Waals surface area contributed by atoms with Crippen LogP contribution in [0.4, 0.5) is 13.2 Å². The number of hydrogen-bond donors (Lipinski definition) is 0. The molecule has 0 aliphatic heterocycles. The van der Waals surface area contributed by atoms with Gasteiger partial charge in [0.15, 0.2) is 5.82 Å². The van der Waals surface area contributed by atoms with Crippen molar-refractivity contribution in [3.63, 3.8) is 0 Å². The zero-order valence-corrected chi connectivity index (χ0v) is 14.6. The molecule has 0 atom stereocenters. The maximum absolute atomic E-state index is 12.7. The van der Waals surface area contributed by atoms with Crippen LogP contribution in [-0.2, 0) is 22.1 Å². The summed E-state index contributed by atoms with van der Waals surface area (Å²) in [6, 6.07) is 2.22. The number of esters is 1. The number of ether oxygens (including phenoxy) is 1. The van der Waals surface area contributed by atoms with Crippen LogP contribution in [0.5, 0.6) is 0 Å². The zero-order valence-electron chi connectivity index (χ0n) is 14.6. The quantitative estimate of drug-likeness (QED) is 0.543. The summed E-state index contributed by atoms with van der Waals surface area (Å²) in [6.07, 6.45) is 3.43. The highest BCUT2D eigenvalue weighted by atomic mass is 19.4. The third-order valence-electron chi connectivity index (χ3n) is 3.59. The van der Waals surface area contributed by atoms with Crippen LogP contribution in [0.2, 0.25) is 0 Å². The van der Waals surface area contributed by atoms with Gasteiger partial charge >= 0.3 is 12.1 Å². The zero-order chi connectivity index (χ0) is 19.2. The number of aryl methyl sites for hydroxylation is 1. The summed E-state index contributed by atoms with van der Waals surface area (Å²) in [5, 5.41) is 4.40. The van der Waals surface area contributed by atoms with Crippen LogP contribution < -0.4 is 0 Å². The lowest BCUT2D eigenvalue weighted by Crippen LogP contribution is -2.07. The molecule has 0 bridgehead atoms. The number of nitrogens with zero attached hydrogens (tertiary/aromatic N) is 3. The molecule has 0 radical (unpaired) electrons. The Labute approximate surface area is 149 Å². The fourth-order valence-corrected chi connectivity index (χ4v) is 2.26. The molecule has 8 heteroatoms. The lowest BCUT2D eigenvalue weighted by atomic mass is 10.1. The van der Waals surface area contributed by atoms with Crippen molar-refractivity contribution in [2.45, 2.75) is 39.3 Å². The van der Waals surface area contributed by atoms with Crippen LogP contribution in [0.25, 0.3) is 11.9 Å². The third kappa shape index (κ3) is 5.18. The Bertz CT molecular complexity index is 765. The number of rotatable bonds is 7. The minimum absolute atomic E-state index is 0.270. The van der Waals surface area contributed by atoms with Gasteiger partial charge < -0.3 is 4.74 Å². The predicted octanol–water partition coefficient (Wildman–Crippen LogP) is 4.21. The Kier molecular flexibility index (Phi) is 6.54. The molecule has 2 heterocycles. The molecule has 0 aliphatic carbocycles. The van der Waals surface area contributed by atoms with E-state index in [-0.39, 0.29) is 12.4 Å². The lowest BCUT2D eigenvalue weighted by Gasteiger charge is -2.06. The average molecular weight is 367 g/mol. The Balaban J connectivity index is 2.30. The van der Waals surface area contributed by atoms with E-state index in [0.29, 0.717) is 12.0 Å². The number of carbonyl (C=O) groups excluding carboxylic acids is 1. The summed E-state index contributed by atoms with van der Waals surface area (Å²) in [5.41, 5.74) is 0.629. The van der Waals surface area contributed by atoms with E-state index in [4.69, 9.17) is 4.74 Å². The maximum atomic E-state index is 12.7. The van der Waals surface area contributed by atoms with Crippen LogP contribution >= 0.6 is 0 Å². The topological polar surface area (TPSA) is 57.0 Å². The number of carbonyl (C=O) groups is 1. The summed E-state index contributed by atoms with van der Waals surface area (Å²) < 4.78 is 44.2. The predicted molar refractivity (Wildman–Crippen MR) is 90.6 cm³/mol. The second-order valence-electron chi connectivity index (χ2n) is 5.57. The van der Waals surface area contributed by atoms with Gasteiger partial charge in [-0.3, -0.25) is 0 Å². The van der Waals surface area contributed by atoms with Crippen molar-refractivity contribution < 1.29 is 22.7 Å². The smallest absolute Gasteiger partial charge is 0.417 e. The first-order chi connectivity index (χ1) is 12.3. The molecule has 0 aliphatic rings. The van der Waals surface area contributed by atoms with Gasteiger partial charge in [-0.15, -0.1) is 0 Å². The summed E-state index contributed by atoms with van der Waals surface area (Å²) in [4.78, 5) is 15.3. The van der Waals surface area contributed by atoms with Crippen molar-refractivity contribution in [2.75, 3.05) is 6.61 Å². The Morgan fingerprint density at radius 1 is 1.31 bits per heavy atom. The first kappa shape index (κ1) is 19.7. The van der Waals surface area contributed by atoms with Crippen LogP contribution in [0.3, 0.4) is 0 Å². The highest BCUT2D eigenvalue weighted by Crippen LogP contribution is 2.28. The molecule has 26 heavy (non-hydrogen) atoms. The number of halogens is 3. The molecule has 140 valence electrons. The fraction of sp³-hybridized carbons (Fsp3) is 0.389. The van der Waals surface area contributed by atoms with Gasteiger partial charge in [-0.2, -0.15) is 18.3 Å². The van der Waals surface area contributed by atoms with Gasteiger partial charge in [-0.25, -0.2) is 14.5 Å². The van der Waals surface area contributed by atoms with Crippen molar-refractivity contribution in [3.05, 3.63) is 47.4 Å². The SMILES string of the molecule is CCCCc1nn(-c2ccc(C(F)(F)F)cn2)cc1C=CC(=O)OCC. The molecule has 0 amide bonds. The van der Waals surface area contributed by atoms with Crippen molar-refractivity contribution in [1.82, 2.24) is 14.8 Å². The number of alkyl halides is 3. The van der Waals surface area contributed by atoms with Gasteiger partial charge in [0.2, 0.25) is 0 Å². The van der Waals surface area contributed by atoms with E-state index in [2.05, 4.69) is 10.1 Å². The number of hydrogen-bond acceptors (Lipinski definition) is 4. The van der Waals surface area contributed by atoms with E-state index in [0.717, 1.165) is 30.8 Å². The molecule has 5 nitrogen and oxygen atoms in total. The summed E-state index contributed by atoms with van der Waals surface area (Å²) in [7, 11) is 0. The van der Waals surface area contributed by atoms with Crippen LogP contribution in [0.1, 0.15) is 43.5 Å². The van der Waals surface area contributed by atoms with Crippen LogP contribution in [-0.4, -0.2) is 27.3 Å². The molecule has 0 saturated heterocycles. The van der Waals surface area contributed by atoms with Gasteiger partial charge in [-0.1, -0.05) is 13.3 Å². The monoisotopic (exact) mass is 367 g/mol. The highest BCUT2D eigenvalue weighted by Gasteiger charge is 2.30. The van der Waals surface area contributed by atoms with Crippen LogP contribution in [0.15, 0.2) is 30.6 Å². The first-order valence-corrected chi connectivity index (χ1v) is 8.32. The van der Waals surface area contributed by atoms with E-state index in [1.54, 1.807) is 19.2 Å². The van der Waals surface area contributed by atoms with E-state index in [9.17, 15) is 18.0 Å². The molecule has 0 fully saturated rings. The molecular weight excluding hydrogens is 347 g/mol. The Hall–Kier alpha value is -2.64. The van der Waals surface area contributed by atoms with Gasteiger partial charge in [0.25, 0.3) is 0 Å². The molecule has 0 aromatic carbocycles. The van der Waals surface area contributed by atoms with Crippen molar-refractivity contribution in [2.24, 2.45) is 0 Å². The second-order valence-corrected chi connectivity index (χ2v) is 5.57. The van der Waals surface area contributed by atoms with Gasteiger partial charge in [0.1, 0.15) is 0 Å². The molecule has 2 aromatic heterocycles. The molecule has 0 saturated carbocycles. The Morgan fingerprint density at radius 3 is 2.65 bits per heavy atom. The Morgan fingerprint density at radius 2 is 2.08 bits per heavy atom. The van der Waals surface area contributed by atoms with E-state index >= 15 is 0 Å². The third-order valence-corrected chi connectivity index (χ3v) is 3.59. The highest BCUT2D eigenvalue weighted by molar-refractivity contribution is 5.87. The van der Waals surface area contributed by atoms with Crippen molar-refractivity contribution in [3.8, 4) is 5.82 Å². The van der Waals surface area contributed by atoms with Gasteiger partial charge in [0.05, 0.1) is 17.9 Å². The number of pyridine rings is 1. The largest absolute Gasteiger partial charge is 0.463 e. The number of aromatic nitrogens is 3. The minimum atomic E-state index is -4.44. The lowest BCUT2D eigenvalue weighted by molar-refractivity contribution is -0.138. The standard InChI is InChI=1S/C18H20F3N3O2/c1-3-5-6-15-13(7-10-17(25)26-4-2)12-24(23-15)16-9-8-14(11-22-16)18(19,20)21/h7-12H,3-6H2,1-2H3. The number of unbranched alkanes of at least 4 members (excludes halogenated alkanes) is 1. The van der Waals surface area contributed by atoms with E-state index in [1.165, 1.54) is 16.8 Å². The normalized spacial score (nSPS) is 11.9.